The summed E-state index contributed by atoms with van der Waals surface area (Å²) in [5.41, 5.74) is 2.07. The molecule has 3 rings (SSSR count). The molecule has 32 heavy (non-hydrogen) atoms. The first-order valence-corrected chi connectivity index (χ1v) is 11.2. The Bertz CT molecular complexity index is 989. The van der Waals surface area contributed by atoms with Gasteiger partial charge >= 0.3 is 0 Å². The van der Waals surface area contributed by atoms with Gasteiger partial charge in [0.25, 0.3) is 5.91 Å². The molecule has 0 bridgehead atoms. The van der Waals surface area contributed by atoms with Gasteiger partial charge in [0.15, 0.2) is 5.11 Å². The molecule has 0 radical (unpaired) electrons. The fourth-order valence-electron chi connectivity index (χ4n) is 3.49. The molecule has 2 N–H and O–H groups in total. The molecule has 0 aliphatic carbocycles. The summed E-state index contributed by atoms with van der Waals surface area (Å²) < 4.78 is 5.11. The second kappa shape index (κ2) is 10.7. The zero-order valence-corrected chi connectivity index (χ0v) is 19.9. The molecule has 0 spiro atoms. The van der Waals surface area contributed by atoms with Gasteiger partial charge in [-0.3, -0.25) is 14.9 Å². The summed E-state index contributed by atoms with van der Waals surface area (Å²) >= 11 is 11.6. The molecule has 7 nitrogen and oxygen atoms in total. The van der Waals surface area contributed by atoms with Gasteiger partial charge in [-0.05, 0) is 54.7 Å². The van der Waals surface area contributed by atoms with Crippen LogP contribution in [-0.2, 0) is 4.79 Å². The van der Waals surface area contributed by atoms with Crippen LogP contribution in [-0.4, -0.2) is 55.1 Å². The second-order valence-corrected chi connectivity index (χ2v) is 8.61. The number of carbonyl (C=O) groups is 2. The van der Waals surface area contributed by atoms with Crippen LogP contribution < -0.4 is 20.3 Å². The van der Waals surface area contributed by atoms with Gasteiger partial charge < -0.3 is 19.9 Å². The van der Waals surface area contributed by atoms with Gasteiger partial charge in [-0.25, -0.2) is 0 Å². The minimum Gasteiger partial charge on any atom is -0.497 e. The minimum atomic E-state index is -0.324. The molecular weight excluding hydrogens is 448 g/mol. The molecule has 1 aliphatic heterocycles. The molecule has 0 saturated carbocycles. The number of hydrogen-bond donors (Lipinski definition) is 2. The lowest BCUT2D eigenvalue weighted by Gasteiger charge is -2.37. The molecule has 2 aromatic rings. The number of piperazine rings is 1. The quantitative estimate of drug-likeness (QED) is 0.642. The van der Waals surface area contributed by atoms with E-state index >= 15 is 0 Å². The lowest BCUT2D eigenvalue weighted by atomic mass is 10.1. The molecule has 1 saturated heterocycles. The highest BCUT2D eigenvalue weighted by Gasteiger charge is 2.24. The first-order valence-electron chi connectivity index (χ1n) is 10.4. The van der Waals surface area contributed by atoms with Crippen molar-refractivity contribution in [3.8, 4) is 5.75 Å². The van der Waals surface area contributed by atoms with E-state index < -0.39 is 0 Å². The maximum Gasteiger partial charge on any atom is 0.257 e. The van der Waals surface area contributed by atoms with Crippen LogP contribution in [0.2, 0.25) is 5.02 Å². The highest BCUT2D eigenvalue weighted by Crippen LogP contribution is 2.30. The highest BCUT2D eigenvalue weighted by molar-refractivity contribution is 7.80. The summed E-state index contributed by atoms with van der Waals surface area (Å²) in [6, 6.07) is 12.3. The molecular formula is C23H27ClN4O3S. The average Bonchev–Trinajstić information content (AvgIpc) is 2.78. The summed E-state index contributed by atoms with van der Waals surface area (Å²) in [4.78, 5) is 28.8. The number of amides is 2. The zero-order valence-electron chi connectivity index (χ0n) is 18.4. The number of carbonyl (C=O) groups excluding carboxylic acids is 2. The number of ether oxygens (including phenoxy) is 1. The van der Waals surface area contributed by atoms with Crippen LogP contribution in [0.15, 0.2) is 42.5 Å². The van der Waals surface area contributed by atoms with Crippen molar-refractivity contribution in [2.24, 2.45) is 5.92 Å². The largest absolute Gasteiger partial charge is 0.497 e. The van der Waals surface area contributed by atoms with E-state index in [1.54, 1.807) is 37.4 Å². The van der Waals surface area contributed by atoms with Crippen molar-refractivity contribution in [2.75, 3.05) is 43.5 Å². The number of anilines is 2. The van der Waals surface area contributed by atoms with E-state index in [4.69, 9.17) is 28.6 Å². The third-order valence-electron chi connectivity index (χ3n) is 5.21. The number of benzene rings is 2. The topological polar surface area (TPSA) is 73.9 Å². The Balaban J connectivity index is 1.66. The van der Waals surface area contributed by atoms with Crippen molar-refractivity contribution in [3.05, 3.63) is 53.1 Å². The molecule has 0 unspecified atom stereocenters. The Labute approximate surface area is 198 Å². The summed E-state index contributed by atoms with van der Waals surface area (Å²) in [5, 5.41) is 6.50. The van der Waals surface area contributed by atoms with Crippen molar-refractivity contribution in [2.45, 2.75) is 13.8 Å². The molecule has 2 amide bonds. The van der Waals surface area contributed by atoms with Crippen LogP contribution in [0.1, 0.15) is 24.2 Å². The van der Waals surface area contributed by atoms with Crippen molar-refractivity contribution in [1.29, 1.82) is 0 Å². The van der Waals surface area contributed by atoms with E-state index in [2.05, 4.69) is 15.5 Å². The van der Waals surface area contributed by atoms with E-state index in [0.717, 1.165) is 5.69 Å². The fraction of sp³-hybridized carbons (Fsp3) is 0.348. The van der Waals surface area contributed by atoms with E-state index in [-0.39, 0.29) is 22.8 Å². The maximum absolute atomic E-state index is 12.5. The van der Waals surface area contributed by atoms with Gasteiger partial charge in [0, 0.05) is 42.7 Å². The number of methoxy groups -OCH3 is 1. The van der Waals surface area contributed by atoms with Crippen LogP contribution in [0.4, 0.5) is 11.4 Å². The third kappa shape index (κ3) is 5.89. The van der Waals surface area contributed by atoms with E-state index in [9.17, 15) is 9.59 Å². The Morgan fingerprint density at radius 2 is 1.72 bits per heavy atom. The first kappa shape index (κ1) is 23.8. The minimum absolute atomic E-state index is 0.0130. The van der Waals surface area contributed by atoms with E-state index in [1.165, 1.54) is 0 Å². The predicted molar refractivity (Wildman–Crippen MR) is 132 cm³/mol. The molecule has 170 valence electrons. The Hall–Kier alpha value is -2.84. The van der Waals surface area contributed by atoms with Crippen LogP contribution >= 0.6 is 23.8 Å². The lowest BCUT2D eigenvalue weighted by molar-refractivity contribution is -0.134. The summed E-state index contributed by atoms with van der Waals surface area (Å²) in [5.74, 6) is 0.498. The second-order valence-electron chi connectivity index (χ2n) is 7.77. The monoisotopic (exact) mass is 474 g/mol. The van der Waals surface area contributed by atoms with Crippen LogP contribution in [0.3, 0.4) is 0 Å². The number of rotatable bonds is 5. The van der Waals surface area contributed by atoms with Gasteiger partial charge in [-0.1, -0.05) is 25.4 Å². The molecule has 2 aromatic carbocycles. The SMILES string of the molecule is COc1ccc(C(=O)NC(=S)Nc2cc(Cl)ccc2N2CCN(C(=O)C(C)C)CC2)cc1. The van der Waals surface area contributed by atoms with Crippen molar-refractivity contribution < 1.29 is 14.3 Å². The van der Waals surface area contributed by atoms with Crippen LogP contribution in [0, 0.1) is 5.92 Å². The Morgan fingerprint density at radius 3 is 2.31 bits per heavy atom. The summed E-state index contributed by atoms with van der Waals surface area (Å²) in [6.07, 6.45) is 0. The van der Waals surface area contributed by atoms with E-state index in [0.29, 0.717) is 48.2 Å². The van der Waals surface area contributed by atoms with Crippen molar-refractivity contribution >= 4 is 52.1 Å². The maximum atomic E-state index is 12.5. The number of nitrogens with one attached hydrogen (secondary N) is 2. The van der Waals surface area contributed by atoms with Crippen LogP contribution in [0.5, 0.6) is 5.75 Å². The van der Waals surface area contributed by atoms with Gasteiger partial charge in [-0.2, -0.15) is 0 Å². The van der Waals surface area contributed by atoms with E-state index in [1.807, 2.05) is 30.9 Å². The molecule has 1 fully saturated rings. The van der Waals surface area contributed by atoms with Gasteiger partial charge in [0.05, 0.1) is 18.5 Å². The number of nitrogens with zero attached hydrogens (tertiary/aromatic N) is 2. The van der Waals surface area contributed by atoms with Gasteiger partial charge in [0.1, 0.15) is 5.75 Å². The molecule has 1 aliphatic rings. The van der Waals surface area contributed by atoms with Crippen molar-refractivity contribution in [3.63, 3.8) is 0 Å². The fourth-order valence-corrected chi connectivity index (χ4v) is 3.86. The Morgan fingerprint density at radius 1 is 1.06 bits per heavy atom. The number of halogens is 1. The zero-order chi connectivity index (χ0) is 23.3. The highest BCUT2D eigenvalue weighted by atomic mass is 35.5. The smallest absolute Gasteiger partial charge is 0.257 e. The number of thiocarbonyl (C=S) groups is 1. The molecule has 0 atom stereocenters. The molecule has 1 heterocycles. The summed E-state index contributed by atoms with van der Waals surface area (Å²) in [6.45, 7) is 6.52. The normalized spacial score (nSPS) is 13.7. The third-order valence-corrected chi connectivity index (χ3v) is 5.65. The molecule has 0 aromatic heterocycles. The number of hydrogen-bond acceptors (Lipinski definition) is 5. The Kier molecular flexibility index (Phi) is 7.93. The predicted octanol–water partition coefficient (Wildman–Crippen LogP) is 3.78. The first-order chi connectivity index (χ1) is 15.3. The summed E-state index contributed by atoms with van der Waals surface area (Å²) in [7, 11) is 1.57. The van der Waals surface area contributed by atoms with Crippen molar-refractivity contribution in [1.82, 2.24) is 10.2 Å². The van der Waals surface area contributed by atoms with Gasteiger partial charge in [0.2, 0.25) is 5.91 Å². The molecule has 9 heteroatoms. The van der Waals surface area contributed by atoms with Gasteiger partial charge in [-0.15, -0.1) is 0 Å². The van der Waals surface area contributed by atoms with Crippen LogP contribution in [0.25, 0.3) is 0 Å². The standard InChI is InChI=1S/C23H27ClN4O3S/c1-15(2)22(30)28-12-10-27(11-13-28)20-9-6-17(24)14-19(20)25-23(32)26-21(29)16-4-7-18(31-3)8-5-16/h4-9,14-15H,10-13H2,1-3H3,(H2,25,26,29,32). The average molecular weight is 475 g/mol. The lowest BCUT2D eigenvalue weighted by Crippen LogP contribution is -2.50.